The van der Waals surface area contributed by atoms with Crippen LogP contribution in [0.15, 0.2) is 70.6 Å². The van der Waals surface area contributed by atoms with Crippen LogP contribution in [0.1, 0.15) is 6.92 Å². The number of ether oxygens (including phenoxy) is 1. The van der Waals surface area contributed by atoms with Gasteiger partial charge in [0.1, 0.15) is 11.6 Å². The summed E-state index contributed by atoms with van der Waals surface area (Å²) in [7, 11) is 0. The number of anilines is 1. The predicted octanol–water partition coefficient (Wildman–Crippen LogP) is 4.62. The maximum absolute atomic E-state index is 13.0. The van der Waals surface area contributed by atoms with Gasteiger partial charge < -0.3 is 14.5 Å². The lowest BCUT2D eigenvalue weighted by Gasteiger charge is -2.08. The van der Waals surface area contributed by atoms with E-state index < -0.39 is 0 Å². The van der Waals surface area contributed by atoms with Gasteiger partial charge in [-0.1, -0.05) is 11.8 Å². The lowest BCUT2D eigenvalue weighted by atomic mass is 10.3. The number of amides is 1. The summed E-state index contributed by atoms with van der Waals surface area (Å²) in [5.74, 6) is 1.66. The number of furan rings is 1. The molecule has 0 aliphatic carbocycles. The Morgan fingerprint density at radius 3 is 2.71 bits per heavy atom. The Kier molecular flexibility index (Phi) is 6.27. The highest BCUT2D eigenvalue weighted by Gasteiger charge is 2.16. The molecule has 1 N–H and O–H groups in total. The van der Waals surface area contributed by atoms with E-state index in [4.69, 9.17) is 9.15 Å². The minimum absolute atomic E-state index is 0.157. The van der Waals surface area contributed by atoms with Crippen molar-refractivity contribution in [2.45, 2.75) is 18.6 Å². The Morgan fingerprint density at radius 1 is 1.19 bits per heavy atom. The van der Waals surface area contributed by atoms with Gasteiger partial charge >= 0.3 is 0 Å². The van der Waals surface area contributed by atoms with Crippen LogP contribution in [0.5, 0.6) is 11.6 Å². The number of nitrogens with zero attached hydrogens (tertiary/aromatic N) is 4. The van der Waals surface area contributed by atoms with Gasteiger partial charge in [-0.3, -0.25) is 9.36 Å². The summed E-state index contributed by atoms with van der Waals surface area (Å²) < 4.78 is 25.8. The molecule has 4 rings (SSSR count). The Morgan fingerprint density at radius 2 is 2.03 bits per heavy atom. The third kappa shape index (κ3) is 5.10. The van der Waals surface area contributed by atoms with Gasteiger partial charge in [0.2, 0.25) is 11.8 Å². The number of aromatic nitrogens is 4. The van der Waals surface area contributed by atoms with Crippen LogP contribution in [0.25, 0.3) is 11.6 Å². The number of benzene rings is 1. The third-order valence-electron chi connectivity index (χ3n) is 4.16. The van der Waals surface area contributed by atoms with E-state index in [0.717, 1.165) is 0 Å². The zero-order chi connectivity index (χ0) is 21.6. The number of carbonyl (C=O) groups excluding carboxylic acids is 1. The van der Waals surface area contributed by atoms with Crippen molar-refractivity contribution in [3.8, 4) is 23.2 Å². The first-order valence-electron chi connectivity index (χ1n) is 9.41. The van der Waals surface area contributed by atoms with E-state index in [1.54, 1.807) is 24.5 Å². The second-order valence-electron chi connectivity index (χ2n) is 6.31. The average Bonchev–Trinajstić information content (AvgIpc) is 3.44. The standard InChI is InChI=1S/C21H18FN5O3S/c1-2-27-20(17-4-3-11-29-17)25-26-21(27)31-13-18(28)24-15-7-10-19(23-12-15)30-16-8-5-14(22)6-9-16/h3-12H,2,13H2,1H3,(H,24,28). The molecule has 4 aromatic rings. The minimum atomic E-state index is -0.342. The molecular weight excluding hydrogens is 421 g/mol. The summed E-state index contributed by atoms with van der Waals surface area (Å²) in [5.41, 5.74) is 0.533. The lowest BCUT2D eigenvalue weighted by Crippen LogP contribution is -2.14. The molecule has 3 aromatic heterocycles. The van der Waals surface area contributed by atoms with Crippen LogP contribution in [0, 0.1) is 5.82 Å². The molecule has 0 saturated heterocycles. The molecule has 8 nitrogen and oxygen atoms in total. The molecule has 1 amide bonds. The molecule has 0 aliphatic rings. The number of hydrogen-bond acceptors (Lipinski definition) is 7. The normalized spacial score (nSPS) is 10.8. The Labute approximate surface area is 181 Å². The zero-order valence-corrected chi connectivity index (χ0v) is 17.3. The van der Waals surface area contributed by atoms with Crippen LogP contribution in [0.4, 0.5) is 10.1 Å². The fourth-order valence-electron chi connectivity index (χ4n) is 2.73. The van der Waals surface area contributed by atoms with E-state index in [0.29, 0.717) is 40.6 Å². The number of rotatable bonds is 8. The fraction of sp³-hybridized carbons (Fsp3) is 0.143. The summed E-state index contributed by atoms with van der Waals surface area (Å²) >= 11 is 1.28. The molecule has 0 spiro atoms. The lowest BCUT2D eigenvalue weighted by molar-refractivity contribution is -0.113. The zero-order valence-electron chi connectivity index (χ0n) is 16.5. The van der Waals surface area contributed by atoms with Gasteiger partial charge in [-0.25, -0.2) is 9.37 Å². The Hall–Kier alpha value is -3.66. The molecule has 0 bridgehead atoms. The van der Waals surface area contributed by atoms with Gasteiger partial charge in [-0.05, 0) is 49.4 Å². The SMILES string of the molecule is CCn1c(SCC(=O)Nc2ccc(Oc3ccc(F)cc3)nc2)nnc1-c1ccco1. The van der Waals surface area contributed by atoms with E-state index in [1.165, 1.54) is 42.2 Å². The number of pyridine rings is 1. The van der Waals surface area contributed by atoms with Crippen molar-refractivity contribution in [2.24, 2.45) is 0 Å². The molecule has 0 aliphatic heterocycles. The van der Waals surface area contributed by atoms with Crippen LogP contribution >= 0.6 is 11.8 Å². The monoisotopic (exact) mass is 439 g/mol. The van der Waals surface area contributed by atoms with Crippen molar-refractivity contribution in [1.82, 2.24) is 19.7 Å². The fourth-order valence-corrected chi connectivity index (χ4v) is 3.54. The first-order chi connectivity index (χ1) is 15.1. The molecule has 3 heterocycles. The Balaban J connectivity index is 1.32. The molecule has 0 atom stereocenters. The van der Waals surface area contributed by atoms with Gasteiger partial charge in [0.15, 0.2) is 16.7 Å². The highest BCUT2D eigenvalue weighted by atomic mass is 32.2. The van der Waals surface area contributed by atoms with Gasteiger partial charge in [0, 0.05) is 12.6 Å². The topological polar surface area (TPSA) is 95.1 Å². The van der Waals surface area contributed by atoms with Crippen molar-refractivity contribution in [3.63, 3.8) is 0 Å². The largest absolute Gasteiger partial charge is 0.461 e. The van der Waals surface area contributed by atoms with E-state index in [2.05, 4.69) is 20.5 Å². The first-order valence-corrected chi connectivity index (χ1v) is 10.4. The van der Waals surface area contributed by atoms with E-state index in [-0.39, 0.29) is 17.5 Å². The summed E-state index contributed by atoms with van der Waals surface area (Å²) in [6.45, 7) is 2.62. The molecule has 0 radical (unpaired) electrons. The number of carbonyl (C=O) groups is 1. The van der Waals surface area contributed by atoms with Crippen LogP contribution in [0.3, 0.4) is 0 Å². The highest BCUT2D eigenvalue weighted by molar-refractivity contribution is 7.99. The number of thioether (sulfide) groups is 1. The van der Waals surface area contributed by atoms with Gasteiger partial charge in [0.05, 0.1) is 23.9 Å². The Bertz CT molecular complexity index is 1140. The second-order valence-corrected chi connectivity index (χ2v) is 7.25. The molecule has 0 saturated carbocycles. The molecular formula is C21H18FN5O3S. The van der Waals surface area contributed by atoms with Crippen molar-refractivity contribution in [3.05, 3.63) is 66.8 Å². The average molecular weight is 439 g/mol. The van der Waals surface area contributed by atoms with Crippen molar-refractivity contribution < 1.29 is 18.3 Å². The molecule has 1 aromatic carbocycles. The first kappa shape index (κ1) is 20.6. The molecule has 0 unspecified atom stereocenters. The van der Waals surface area contributed by atoms with Crippen LogP contribution in [0.2, 0.25) is 0 Å². The van der Waals surface area contributed by atoms with Gasteiger partial charge in [-0.2, -0.15) is 0 Å². The number of halogens is 1. The van der Waals surface area contributed by atoms with Crippen LogP contribution in [-0.4, -0.2) is 31.4 Å². The summed E-state index contributed by atoms with van der Waals surface area (Å²) in [6.07, 6.45) is 3.07. The number of hydrogen-bond donors (Lipinski definition) is 1. The maximum atomic E-state index is 13.0. The van der Waals surface area contributed by atoms with Crippen LogP contribution in [-0.2, 0) is 11.3 Å². The molecule has 0 fully saturated rings. The number of nitrogens with one attached hydrogen (secondary N) is 1. The summed E-state index contributed by atoms with van der Waals surface area (Å²) in [4.78, 5) is 16.5. The van der Waals surface area contributed by atoms with E-state index in [1.807, 2.05) is 17.6 Å². The highest BCUT2D eigenvalue weighted by Crippen LogP contribution is 2.25. The van der Waals surface area contributed by atoms with Crippen molar-refractivity contribution >= 4 is 23.4 Å². The molecule has 10 heteroatoms. The smallest absolute Gasteiger partial charge is 0.234 e. The van der Waals surface area contributed by atoms with Gasteiger partial charge in [0.25, 0.3) is 0 Å². The van der Waals surface area contributed by atoms with Crippen LogP contribution < -0.4 is 10.1 Å². The van der Waals surface area contributed by atoms with E-state index >= 15 is 0 Å². The molecule has 158 valence electrons. The van der Waals surface area contributed by atoms with Crippen molar-refractivity contribution in [1.29, 1.82) is 0 Å². The van der Waals surface area contributed by atoms with Crippen molar-refractivity contribution in [2.75, 3.05) is 11.1 Å². The third-order valence-corrected chi connectivity index (χ3v) is 5.13. The summed E-state index contributed by atoms with van der Waals surface area (Å²) in [5, 5.41) is 11.7. The van der Waals surface area contributed by atoms with Gasteiger partial charge in [-0.15, -0.1) is 10.2 Å². The molecule has 31 heavy (non-hydrogen) atoms. The maximum Gasteiger partial charge on any atom is 0.234 e. The summed E-state index contributed by atoms with van der Waals surface area (Å²) in [6, 6.07) is 12.5. The second kappa shape index (κ2) is 9.43. The minimum Gasteiger partial charge on any atom is -0.461 e. The quantitative estimate of drug-likeness (QED) is 0.400. The van der Waals surface area contributed by atoms with E-state index in [9.17, 15) is 9.18 Å². The predicted molar refractivity (Wildman–Crippen MR) is 113 cm³/mol.